The molecule has 0 aliphatic carbocycles. The summed E-state index contributed by atoms with van der Waals surface area (Å²) in [7, 11) is 0. The lowest BCUT2D eigenvalue weighted by molar-refractivity contribution is 0.0746. The van der Waals surface area contributed by atoms with E-state index < -0.39 is 0 Å². The third-order valence-corrected chi connectivity index (χ3v) is 4.87. The molecule has 30 heavy (non-hydrogen) atoms. The van der Waals surface area contributed by atoms with Crippen molar-refractivity contribution in [1.82, 2.24) is 20.1 Å². The molecule has 1 saturated heterocycles. The van der Waals surface area contributed by atoms with Crippen molar-refractivity contribution in [2.75, 3.05) is 43.0 Å². The van der Waals surface area contributed by atoms with Gasteiger partial charge >= 0.3 is 0 Å². The van der Waals surface area contributed by atoms with Crippen molar-refractivity contribution in [3.8, 4) is 5.75 Å². The fraction of sp³-hybridized carbons (Fsp3) is 0.273. The second-order valence-corrected chi connectivity index (χ2v) is 6.85. The number of rotatable bonds is 6. The number of benzene rings is 1. The van der Waals surface area contributed by atoms with Gasteiger partial charge in [0.25, 0.3) is 5.91 Å². The number of nitrogens with one attached hydrogen (secondary N) is 1. The number of aromatic nitrogens is 3. The Morgan fingerprint density at radius 3 is 2.40 bits per heavy atom. The van der Waals surface area contributed by atoms with Crippen molar-refractivity contribution in [2.24, 2.45) is 0 Å². The van der Waals surface area contributed by atoms with Gasteiger partial charge in [0, 0.05) is 37.9 Å². The van der Waals surface area contributed by atoms with E-state index in [1.165, 1.54) is 0 Å². The topological polar surface area (TPSA) is 83.5 Å². The molecular weight excluding hydrogens is 380 g/mol. The summed E-state index contributed by atoms with van der Waals surface area (Å²) in [5.74, 6) is 2.98. The van der Waals surface area contributed by atoms with Crippen molar-refractivity contribution in [3.05, 3.63) is 66.4 Å². The first-order valence-electron chi connectivity index (χ1n) is 10.0. The molecule has 1 amide bonds. The second kappa shape index (κ2) is 9.21. The molecule has 0 atom stereocenters. The van der Waals surface area contributed by atoms with E-state index in [2.05, 4.69) is 25.4 Å². The molecule has 1 aliphatic rings. The van der Waals surface area contributed by atoms with Gasteiger partial charge in [-0.05, 0) is 55.5 Å². The molecule has 0 saturated carbocycles. The largest absolute Gasteiger partial charge is 0.494 e. The van der Waals surface area contributed by atoms with Gasteiger partial charge in [0.15, 0.2) is 11.6 Å². The van der Waals surface area contributed by atoms with Crippen molar-refractivity contribution in [2.45, 2.75) is 6.92 Å². The Morgan fingerprint density at radius 1 is 0.967 bits per heavy atom. The highest BCUT2D eigenvalue weighted by molar-refractivity contribution is 5.94. The van der Waals surface area contributed by atoms with Gasteiger partial charge in [0.2, 0.25) is 0 Å². The van der Waals surface area contributed by atoms with Crippen LogP contribution >= 0.6 is 0 Å². The number of pyridine rings is 1. The third kappa shape index (κ3) is 4.65. The van der Waals surface area contributed by atoms with Gasteiger partial charge in [-0.2, -0.15) is 0 Å². The molecular formula is C22H24N6O2. The highest BCUT2D eigenvalue weighted by Crippen LogP contribution is 2.18. The van der Waals surface area contributed by atoms with Crippen LogP contribution in [0.4, 0.5) is 17.5 Å². The number of hydrogen-bond acceptors (Lipinski definition) is 7. The van der Waals surface area contributed by atoms with Crippen LogP contribution in [0.5, 0.6) is 5.75 Å². The van der Waals surface area contributed by atoms with Crippen LogP contribution < -0.4 is 15.0 Å². The summed E-state index contributed by atoms with van der Waals surface area (Å²) in [5, 5.41) is 11.7. The number of nitrogens with zero attached hydrogens (tertiary/aromatic N) is 5. The molecule has 1 N–H and O–H groups in total. The van der Waals surface area contributed by atoms with Crippen LogP contribution in [-0.4, -0.2) is 58.8 Å². The van der Waals surface area contributed by atoms with Crippen LogP contribution in [0.25, 0.3) is 0 Å². The minimum absolute atomic E-state index is 0.0405. The first-order chi connectivity index (χ1) is 14.7. The number of anilines is 3. The Morgan fingerprint density at radius 2 is 1.77 bits per heavy atom. The van der Waals surface area contributed by atoms with Gasteiger partial charge in [0.1, 0.15) is 11.6 Å². The molecule has 0 unspecified atom stereocenters. The highest BCUT2D eigenvalue weighted by Gasteiger charge is 2.23. The Hall–Kier alpha value is -3.68. The Kier molecular flexibility index (Phi) is 6.03. The molecule has 8 nitrogen and oxygen atoms in total. The summed E-state index contributed by atoms with van der Waals surface area (Å²) >= 11 is 0. The zero-order valence-corrected chi connectivity index (χ0v) is 16.9. The van der Waals surface area contributed by atoms with E-state index in [1.54, 1.807) is 6.20 Å². The quantitative estimate of drug-likeness (QED) is 0.676. The smallest absolute Gasteiger partial charge is 0.253 e. The number of piperazine rings is 1. The maximum Gasteiger partial charge on any atom is 0.253 e. The first-order valence-corrected chi connectivity index (χ1v) is 10.0. The summed E-state index contributed by atoms with van der Waals surface area (Å²) in [6, 6.07) is 16.8. The molecule has 4 rings (SSSR count). The number of carbonyl (C=O) groups excluding carboxylic acids is 1. The Labute approximate surface area is 175 Å². The monoisotopic (exact) mass is 404 g/mol. The van der Waals surface area contributed by atoms with Crippen molar-refractivity contribution in [3.63, 3.8) is 0 Å². The van der Waals surface area contributed by atoms with E-state index in [1.807, 2.05) is 66.4 Å². The van der Waals surface area contributed by atoms with Crippen LogP contribution in [0, 0.1) is 0 Å². The van der Waals surface area contributed by atoms with Crippen LogP contribution in [0.2, 0.25) is 0 Å². The van der Waals surface area contributed by atoms with Crippen LogP contribution in [0.1, 0.15) is 17.3 Å². The summed E-state index contributed by atoms with van der Waals surface area (Å²) in [5.41, 5.74) is 0.677. The normalized spacial score (nSPS) is 13.8. The van der Waals surface area contributed by atoms with Crippen molar-refractivity contribution < 1.29 is 9.53 Å². The standard InChI is InChI=1S/C22H24N6O2/c1-2-30-18-8-6-17(7-9-18)22(29)28-15-13-27(14-16-28)21-11-10-20(25-26-21)24-19-5-3-4-12-23-19/h3-12H,2,13-16H2,1H3,(H,23,24,25). The highest BCUT2D eigenvalue weighted by atomic mass is 16.5. The second-order valence-electron chi connectivity index (χ2n) is 6.85. The first kappa shape index (κ1) is 19.6. The van der Waals surface area contributed by atoms with Gasteiger partial charge < -0.3 is 19.9 Å². The van der Waals surface area contributed by atoms with Gasteiger partial charge in [-0.25, -0.2) is 4.98 Å². The zero-order valence-electron chi connectivity index (χ0n) is 16.9. The Bertz CT molecular complexity index is 955. The fourth-order valence-electron chi connectivity index (χ4n) is 3.31. The molecule has 1 aliphatic heterocycles. The summed E-state index contributed by atoms with van der Waals surface area (Å²) in [6.45, 7) is 5.25. The van der Waals surface area contributed by atoms with E-state index in [4.69, 9.17) is 4.74 Å². The number of hydrogen-bond donors (Lipinski definition) is 1. The van der Waals surface area contributed by atoms with Gasteiger partial charge in [-0.15, -0.1) is 10.2 Å². The molecule has 3 heterocycles. The van der Waals surface area contributed by atoms with Crippen LogP contribution in [-0.2, 0) is 0 Å². The van der Waals surface area contributed by atoms with Gasteiger partial charge in [-0.3, -0.25) is 4.79 Å². The predicted octanol–water partition coefficient (Wildman–Crippen LogP) is 2.98. The van der Waals surface area contributed by atoms with Crippen molar-refractivity contribution in [1.29, 1.82) is 0 Å². The minimum Gasteiger partial charge on any atom is -0.494 e. The van der Waals surface area contributed by atoms with Gasteiger partial charge in [-0.1, -0.05) is 6.07 Å². The average molecular weight is 404 g/mol. The summed E-state index contributed by atoms with van der Waals surface area (Å²) < 4.78 is 5.44. The van der Waals surface area contributed by atoms with E-state index >= 15 is 0 Å². The SMILES string of the molecule is CCOc1ccc(C(=O)N2CCN(c3ccc(Nc4ccccn4)nn3)CC2)cc1. The van der Waals surface area contributed by atoms with E-state index in [-0.39, 0.29) is 5.91 Å². The van der Waals surface area contributed by atoms with Crippen molar-refractivity contribution >= 4 is 23.4 Å². The fourth-order valence-corrected chi connectivity index (χ4v) is 3.31. The molecule has 1 aromatic carbocycles. The molecule has 8 heteroatoms. The summed E-state index contributed by atoms with van der Waals surface area (Å²) in [6.07, 6.45) is 1.72. The summed E-state index contributed by atoms with van der Waals surface area (Å²) in [4.78, 5) is 21.0. The maximum atomic E-state index is 12.8. The lowest BCUT2D eigenvalue weighted by atomic mass is 10.1. The molecule has 0 bridgehead atoms. The molecule has 2 aromatic heterocycles. The predicted molar refractivity (Wildman–Crippen MR) is 115 cm³/mol. The Balaban J connectivity index is 1.32. The third-order valence-electron chi connectivity index (χ3n) is 4.87. The average Bonchev–Trinajstić information content (AvgIpc) is 2.81. The molecule has 3 aromatic rings. The number of ether oxygens (including phenoxy) is 1. The number of amides is 1. The molecule has 1 fully saturated rings. The lowest BCUT2D eigenvalue weighted by Crippen LogP contribution is -2.49. The molecule has 0 spiro atoms. The zero-order chi connectivity index (χ0) is 20.8. The van der Waals surface area contributed by atoms with Crippen LogP contribution in [0.3, 0.4) is 0 Å². The minimum atomic E-state index is 0.0405. The molecule has 0 radical (unpaired) electrons. The van der Waals surface area contributed by atoms with E-state index in [0.29, 0.717) is 44.2 Å². The maximum absolute atomic E-state index is 12.8. The molecule has 154 valence electrons. The van der Waals surface area contributed by atoms with E-state index in [0.717, 1.165) is 17.4 Å². The van der Waals surface area contributed by atoms with E-state index in [9.17, 15) is 4.79 Å². The van der Waals surface area contributed by atoms with Crippen LogP contribution in [0.15, 0.2) is 60.8 Å². The lowest BCUT2D eigenvalue weighted by Gasteiger charge is -2.35. The number of carbonyl (C=O) groups is 1. The van der Waals surface area contributed by atoms with Gasteiger partial charge in [0.05, 0.1) is 6.61 Å².